The van der Waals surface area contributed by atoms with E-state index in [1.807, 2.05) is 0 Å². The second kappa shape index (κ2) is 15.5. The summed E-state index contributed by atoms with van der Waals surface area (Å²) in [7, 11) is 0. The van der Waals surface area contributed by atoms with Gasteiger partial charge in [-0.25, -0.2) is 0 Å². The van der Waals surface area contributed by atoms with Gasteiger partial charge in [0.15, 0.2) is 0 Å². The maximum atomic E-state index is 2.45. The van der Waals surface area contributed by atoms with Gasteiger partial charge in [0.2, 0.25) is 0 Å². The molecular weight excluding hydrogens is 797 g/mol. The Balaban J connectivity index is 1.32. The van der Waals surface area contributed by atoms with Crippen molar-refractivity contribution in [1.29, 1.82) is 0 Å². The number of fused-ring (bicyclic) bond motifs is 3. The van der Waals surface area contributed by atoms with E-state index in [-0.39, 0.29) is 0 Å². The lowest BCUT2D eigenvalue weighted by molar-refractivity contribution is 1.14. The van der Waals surface area contributed by atoms with Crippen LogP contribution in [0.1, 0.15) is 0 Å². The van der Waals surface area contributed by atoms with Gasteiger partial charge in [0.25, 0.3) is 0 Å². The molecule has 0 amide bonds. The van der Waals surface area contributed by atoms with Crippen molar-refractivity contribution in [2.24, 2.45) is 0 Å². The Bertz CT molecular complexity index is 3910. The van der Waals surface area contributed by atoms with Gasteiger partial charge in [0.05, 0.1) is 22.4 Å². The van der Waals surface area contributed by atoms with Crippen molar-refractivity contribution < 1.29 is 0 Å². The average molecular weight is 839 g/mol. The van der Waals surface area contributed by atoms with Crippen LogP contribution in [0, 0.1) is 0 Å². The van der Waals surface area contributed by atoms with E-state index in [1.165, 1.54) is 75.4 Å². The molecule has 0 saturated carbocycles. The van der Waals surface area contributed by atoms with E-state index in [2.05, 4.69) is 264 Å². The molecule has 16 rings (SSSR count). The summed E-state index contributed by atoms with van der Waals surface area (Å²) >= 11 is 0. The standard InChI is InChI=1S/C64H42N2/c1-3-23-51-43(17-1)19-15-33-59(51)65-47-39-35-45(36-40-47)49-21-5-7-25-53(49)63-55-27-9-11-29-57(55)64(58-30-12-10-28-56(58)63)54-26-8-6-22-50(54)46-37-41-48(42-38-46)66(62-32-14-13-31-61(62)65)60-34-16-20-44-18-2-4-24-52(44)60/h1-42H. The Morgan fingerprint density at radius 1 is 0.182 bits per heavy atom. The number of nitrogens with zero attached hydrogens (tertiary/aromatic N) is 2. The molecule has 0 atom stereocenters. The third-order valence-corrected chi connectivity index (χ3v) is 13.6. The minimum absolute atomic E-state index is 1.07. The van der Waals surface area contributed by atoms with E-state index < -0.39 is 0 Å². The highest BCUT2D eigenvalue weighted by atomic mass is 15.0. The molecule has 0 saturated heterocycles. The summed E-state index contributed by atoms with van der Waals surface area (Å²) in [6.07, 6.45) is 0. The van der Waals surface area contributed by atoms with Crippen LogP contribution in [0.3, 0.4) is 0 Å². The summed E-state index contributed by atoms with van der Waals surface area (Å²) < 4.78 is 4.91. The van der Waals surface area contributed by atoms with Gasteiger partial charge in [0.1, 0.15) is 0 Å². The predicted molar refractivity (Wildman–Crippen MR) is 284 cm³/mol. The highest BCUT2D eigenvalue weighted by molar-refractivity contribution is 6.35. The minimum Gasteiger partial charge on any atom is -0.308 e. The molecule has 0 N–H and O–H groups in total. The zero-order valence-corrected chi connectivity index (χ0v) is 36.1. The zero-order valence-electron chi connectivity index (χ0n) is 36.1. The second-order valence-electron chi connectivity index (χ2n) is 17.2. The van der Waals surface area contributed by atoms with Crippen molar-refractivity contribution in [3.8, 4) is 11.4 Å². The fraction of sp³-hybridized carbons (Fsp3) is 0. The van der Waals surface area contributed by atoms with Crippen molar-refractivity contribution in [2.75, 3.05) is 0 Å². The van der Waals surface area contributed by atoms with Crippen LogP contribution in [0.15, 0.2) is 255 Å². The minimum atomic E-state index is 1.07. The first-order chi connectivity index (χ1) is 32.8. The Labute approximate surface area is 381 Å². The van der Waals surface area contributed by atoms with Gasteiger partial charge < -0.3 is 9.13 Å². The maximum absolute atomic E-state index is 2.45. The molecule has 66 heavy (non-hydrogen) atoms. The number of aromatic nitrogens is 2. The molecule has 0 aliphatic heterocycles. The van der Waals surface area contributed by atoms with Crippen LogP contribution in [0.4, 0.5) is 0 Å². The molecule has 2 nitrogen and oxygen atoms in total. The van der Waals surface area contributed by atoms with Gasteiger partial charge in [-0.05, 0) is 124 Å². The zero-order chi connectivity index (χ0) is 43.6. The van der Waals surface area contributed by atoms with E-state index >= 15 is 0 Å². The Kier molecular flexibility index (Phi) is 8.89. The molecule has 308 valence electrons. The number of benzene rings is 12. The summed E-state index contributed by atoms with van der Waals surface area (Å²) in [5.41, 5.74) is 6.49. The van der Waals surface area contributed by atoms with Crippen LogP contribution < -0.4 is 0 Å². The van der Waals surface area contributed by atoms with Crippen molar-refractivity contribution in [3.63, 3.8) is 0 Å². The van der Waals surface area contributed by atoms with Crippen LogP contribution in [0.2, 0.25) is 0 Å². The Morgan fingerprint density at radius 2 is 0.439 bits per heavy atom. The molecule has 6 bridgehead atoms. The lowest BCUT2D eigenvalue weighted by atomic mass is 9.90. The first-order valence-corrected chi connectivity index (χ1v) is 22.8. The second-order valence-corrected chi connectivity index (χ2v) is 17.2. The number of hydrogen-bond donors (Lipinski definition) is 0. The van der Waals surface area contributed by atoms with Gasteiger partial charge in [0, 0.05) is 21.8 Å². The van der Waals surface area contributed by atoms with Crippen LogP contribution >= 0.6 is 0 Å². The highest BCUT2D eigenvalue weighted by Crippen LogP contribution is 2.41. The van der Waals surface area contributed by atoms with Gasteiger partial charge in [-0.3, -0.25) is 0 Å². The summed E-state index contributed by atoms with van der Waals surface area (Å²) in [5.74, 6) is 0. The van der Waals surface area contributed by atoms with Crippen molar-refractivity contribution in [2.45, 2.75) is 0 Å². The third kappa shape index (κ3) is 6.04. The molecular formula is C64H42N2. The Hall–Kier alpha value is -8.72. The lowest BCUT2D eigenvalue weighted by Gasteiger charge is -2.19. The monoisotopic (exact) mass is 838 g/mol. The molecule has 0 aliphatic rings. The van der Waals surface area contributed by atoms with Crippen LogP contribution in [0.5, 0.6) is 0 Å². The first-order valence-electron chi connectivity index (χ1n) is 22.8. The quantitative estimate of drug-likeness (QED) is 0.154. The summed E-state index contributed by atoms with van der Waals surface area (Å²) in [4.78, 5) is 0. The summed E-state index contributed by atoms with van der Waals surface area (Å²) in [5, 5.41) is 19.3. The molecule has 12 aromatic carbocycles. The SMILES string of the molecule is c1ccc2c(-n3c4ccc(cc4)c4ccccc4c4c5ccccc5c(c5ccccc5c5ccc(cc5)n(-c5cccc6ccccc56)c5ccccc53)c3ccccc34)cccc2c1. The fourth-order valence-electron chi connectivity index (χ4n) is 10.7. The molecule has 0 fully saturated rings. The molecule has 4 heterocycles. The van der Waals surface area contributed by atoms with Crippen molar-refractivity contribution in [3.05, 3.63) is 255 Å². The summed E-state index contributed by atoms with van der Waals surface area (Å²) in [6.45, 7) is 0. The van der Waals surface area contributed by atoms with Gasteiger partial charge in [-0.2, -0.15) is 0 Å². The highest BCUT2D eigenvalue weighted by Gasteiger charge is 2.15. The normalized spacial score (nSPS) is 11.6. The largest absolute Gasteiger partial charge is 0.308 e. The van der Waals surface area contributed by atoms with Crippen LogP contribution in [0.25, 0.3) is 120 Å². The van der Waals surface area contributed by atoms with Gasteiger partial charge in [-0.1, -0.05) is 206 Å². The molecule has 16 aromatic rings. The third-order valence-electron chi connectivity index (χ3n) is 13.6. The van der Waals surface area contributed by atoms with Gasteiger partial charge in [-0.15, -0.1) is 0 Å². The van der Waals surface area contributed by atoms with Crippen LogP contribution in [-0.4, -0.2) is 9.13 Å². The van der Waals surface area contributed by atoms with Crippen molar-refractivity contribution >= 4 is 108 Å². The molecule has 0 unspecified atom stereocenters. The topological polar surface area (TPSA) is 9.86 Å². The van der Waals surface area contributed by atoms with Crippen LogP contribution in [-0.2, 0) is 0 Å². The van der Waals surface area contributed by atoms with E-state index in [0.717, 1.165) is 44.2 Å². The molecule has 2 heteroatoms. The molecule has 0 radical (unpaired) electrons. The first kappa shape index (κ1) is 37.8. The van der Waals surface area contributed by atoms with Crippen molar-refractivity contribution in [1.82, 2.24) is 9.13 Å². The van der Waals surface area contributed by atoms with E-state index in [9.17, 15) is 0 Å². The number of rotatable bonds is 2. The summed E-state index contributed by atoms with van der Waals surface area (Å²) in [6, 6.07) is 93.9. The fourth-order valence-corrected chi connectivity index (χ4v) is 10.7. The van der Waals surface area contributed by atoms with Gasteiger partial charge >= 0.3 is 0 Å². The van der Waals surface area contributed by atoms with E-state index in [1.54, 1.807) is 0 Å². The maximum Gasteiger partial charge on any atom is 0.0702 e. The molecule has 0 spiro atoms. The number of para-hydroxylation sites is 2. The van der Waals surface area contributed by atoms with E-state index in [0.29, 0.717) is 0 Å². The Morgan fingerprint density at radius 3 is 0.803 bits per heavy atom. The van der Waals surface area contributed by atoms with E-state index in [4.69, 9.17) is 0 Å². The molecule has 0 aliphatic carbocycles. The smallest absolute Gasteiger partial charge is 0.0702 e. The predicted octanol–water partition coefficient (Wildman–Crippen LogP) is 17.6. The molecule has 4 aromatic heterocycles. The average Bonchev–Trinajstić information content (AvgIpc) is 3.39. The number of hydrogen-bond acceptors (Lipinski definition) is 0. The lowest BCUT2D eigenvalue weighted by Crippen LogP contribution is -2.03.